The zero-order chi connectivity index (χ0) is 18.7. The second-order valence-electron chi connectivity index (χ2n) is 5.51. The number of ether oxygens (including phenoxy) is 1. The maximum atomic E-state index is 13.3. The van der Waals surface area contributed by atoms with Crippen molar-refractivity contribution in [2.45, 2.75) is 19.0 Å². The maximum absolute atomic E-state index is 13.3. The molecule has 0 spiro atoms. The molecule has 0 unspecified atom stereocenters. The molecule has 136 valence electrons. The van der Waals surface area contributed by atoms with Gasteiger partial charge < -0.3 is 9.15 Å². The van der Waals surface area contributed by atoms with Gasteiger partial charge in [-0.05, 0) is 46.2 Å². The van der Waals surface area contributed by atoms with E-state index >= 15 is 0 Å². The second-order valence-corrected chi connectivity index (χ2v) is 6.29. The number of aryl methyl sites for hydroxylation is 1. The lowest BCUT2D eigenvalue weighted by atomic mass is 10.00. The average Bonchev–Trinajstić information content (AvgIpc) is 3.30. The number of thiophene rings is 1. The van der Waals surface area contributed by atoms with E-state index in [0.717, 1.165) is 12.1 Å². The third kappa shape index (κ3) is 4.13. The number of hydrogen-bond acceptors (Lipinski definition) is 5. The molecule has 0 amide bonds. The van der Waals surface area contributed by atoms with E-state index in [1.54, 1.807) is 22.9 Å². The minimum absolute atomic E-state index is 0.0825. The summed E-state index contributed by atoms with van der Waals surface area (Å²) in [5, 5.41) is 3.58. The van der Waals surface area contributed by atoms with Gasteiger partial charge >= 0.3 is 12.1 Å². The second kappa shape index (κ2) is 7.33. The number of methoxy groups -OCH3 is 1. The van der Waals surface area contributed by atoms with Gasteiger partial charge in [0.05, 0.1) is 19.1 Å². The first-order chi connectivity index (χ1) is 12.4. The molecule has 3 aromatic rings. The SMILES string of the molecule is COC(=O)CCc1nc(-c2cc(-c3ccsc3)cc(C(F)(F)F)c2)co1. The summed E-state index contributed by atoms with van der Waals surface area (Å²) in [7, 11) is 1.28. The highest BCUT2D eigenvalue weighted by Crippen LogP contribution is 2.36. The predicted molar refractivity (Wildman–Crippen MR) is 90.6 cm³/mol. The highest BCUT2D eigenvalue weighted by molar-refractivity contribution is 7.08. The van der Waals surface area contributed by atoms with Crippen molar-refractivity contribution in [2.75, 3.05) is 7.11 Å². The van der Waals surface area contributed by atoms with Gasteiger partial charge in [0.15, 0.2) is 5.89 Å². The van der Waals surface area contributed by atoms with Gasteiger partial charge in [-0.2, -0.15) is 24.5 Å². The third-order valence-electron chi connectivity index (χ3n) is 3.73. The molecule has 0 aliphatic rings. The number of carbonyl (C=O) groups excluding carboxylic acids is 1. The molecular weight excluding hydrogens is 367 g/mol. The first-order valence-corrected chi connectivity index (χ1v) is 8.57. The van der Waals surface area contributed by atoms with Gasteiger partial charge in [0.1, 0.15) is 12.0 Å². The van der Waals surface area contributed by atoms with E-state index in [2.05, 4.69) is 9.72 Å². The van der Waals surface area contributed by atoms with E-state index in [1.807, 2.05) is 0 Å². The first-order valence-electron chi connectivity index (χ1n) is 7.63. The maximum Gasteiger partial charge on any atom is 0.416 e. The van der Waals surface area contributed by atoms with Crippen molar-refractivity contribution >= 4 is 17.3 Å². The Labute approximate surface area is 151 Å². The zero-order valence-corrected chi connectivity index (χ0v) is 14.5. The fraction of sp³-hybridized carbons (Fsp3) is 0.222. The monoisotopic (exact) mass is 381 g/mol. The summed E-state index contributed by atoms with van der Waals surface area (Å²) in [4.78, 5) is 15.4. The molecule has 0 bridgehead atoms. The molecule has 8 heteroatoms. The molecule has 0 radical (unpaired) electrons. The van der Waals surface area contributed by atoms with Gasteiger partial charge in [-0.3, -0.25) is 4.79 Å². The quantitative estimate of drug-likeness (QED) is 0.571. The number of oxazole rings is 1. The van der Waals surface area contributed by atoms with Gasteiger partial charge in [0, 0.05) is 12.0 Å². The molecule has 2 aromatic heterocycles. The predicted octanol–water partition coefficient (Wildman–Crippen LogP) is 5.19. The Hall–Kier alpha value is -2.61. The fourth-order valence-corrected chi connectivity index (χ4v) is 3.07. The topological polar surface area (TPSA) is 52.3 Å². The molecule has 26 heavy (non-hydrogen) atoms. The average molecular weight is 381 g/mol. The van der Waals surface area contributed by atoms with Crippen molar-refractivity contribution in [2.24, 2.45) is 0 Å². The van der Waals surface area contributed by atoms with Crippen LogP contribution >= 0.6 is 11.3 Å². The van der Waals surface area contributed by atoms with Crippen molar-refractivity contribution in [3.63, 3.8) is 0 Å². The summed E-state index contributed by atoms with van der Waals surface area (Å²) in [6.45, 7) is 0. The summed E-state index contributed by atoms with van der Waals surface area (Å²) in [6, 6.07) is 5.55. The van der Waals surface area contributed by atoms with Crippen LogP contribution in [0.3, 0.4) is 0 Å². The number of nitrogens with zero attached hydrogens (tertiary/aromatic N) is 1. The molecule has 0 saturated heterocycles. The Morgan fingerprint density at radius 2 is 2.00 bits per heavy atom. The molecule has 0 fully saturated rings. The van der Waals surface area contributed by atoms with Crippen LogP contribution in [0.2, 0.25) is 0 Å². The van der Waals surface area contributed by atoms with Gasteiger partial charge in [0.25, 0.3) is 0 Å². The van der Waals surface area contributed by atoms with E-state index < -0.39 is 17.7 Å². The zero-order valence-electron chi connectivity index (χ0n) is 13.7. The van der Waals surface area contributed by atoms with Crippen LogP contribution in [0.15, 0.2) is 45.7 Å². The number of halogens is 3. The van der Waals surface area contributed by atoms with Crippen molar-refractivity contribution in [3.05, 3.63) is 52.7 Å². The minimum atomic E-state index is -4.47. The van der Waals surface area contributed by atoms with Crippen LogP contribution in [0.1, 0.15) is 17.9 Å². The van der Waals surface area contributed by atoms with Crippen molar-refractivity contribution in [1.82, 2.24) is 4.98 Å². The molecule has 0 aliphatic carbocycles. The summed E-state index contributed by atoms with van der Waals surface area (Å²) in [5.41, 5.74) is 0.990. The smallest absolute Gasteiger partial charge is 0.416 e. The van der Waals surface area contributed by atoms with Gasteiger partial charge in [-0.25, -0.2) is 4.98 Å². The Morgan fingerprint density at radius 3 is 2.65 bits per heavy atom. The molecule has 2 heterocycles. The van der Waals surface area contributed by atoms with Crippen molar-refractivity contribution in [1.29, 1.82) is 0 Å². The van der Waals surface area contributed by atoms with Crippen LogP contribution in [0.25, 0.3) is 22.4 Å². The molecule has 0 N–H and O–H groups in total. The summed E-state index contributed by atoms with van der Waals surface area (Å²) in [5.74, 6) is -0.150. The van der Waals surface area contributed by atoms with E-state index in [0.29, 0.717) is 16.7 Å². The van der Waals surface area contributed by atoms with Crippen molar-refractivity contribution < 1.29 is 27.1 Å². The Morgan fingerprint density at radius 1 is 1.23 bits per heavy atom. The van der Waals surface area contributed by atoms with Gasteiger partial charge in [-0.1, -0.05) is 0 Å². The molecule has 3 rings (SSSR count). The third-order valence-corrected chi connectivity index (χ3v) is 4.42. The van der Waals surface area contributed by atoms with Gasteiger partial charge in [0.2, 0.25) is 0 Å². The summed E-state index contributed by atoms with van der Waals surface area (Å²) < 4.78 is 49.6. The molecule has 1 aromatic carbocycles. The lowest BCUT2D eigenvalue weighted by Gasteiger charge is -2.10. The van der Waals surface area contributed by atoms with E-state index in [9.17, 15) is 18.0 Å². The molecule has 0 aliphatic heterocycles. The lowest BCUT2D eigenvalue weighted by Crippen LogP contribution is -2.05. The Kier molecular flexibility index (Phi) is 5.13. The number of esters is 1. The van der Waals surface area contributed by atoms with E-state index in [1.165, 1.54) is 24.7 Å². The summed E-state index contributed by atoms with van der Waals surface area (Å²) >= 11 is 1.41. The highest BCUT2D eigenvalue weighted by atomic mass is 32.1. The molecule has 0 atom stereocenters. The number of benzene rings is 1. The Bertz CT molecular complexity index is 901. The van der Waals surface area contributed by atoms with Crippen LogP contribution in [-0.2, 0) is 22.1 Å². The van der Waals surface area contributed by atoms with Crippen molar-refractivity contribution in [3.8, 4) is 22.4 Å². The molecule has 4 nitrogen and oxygen atoms in total. The van der Waals surface area contributed by atoms with Crippen LogP contribution < -0.4 is 0 Å². The Balaban J connectivity index is 1.95. The minimum Gasteiger partial charge on any atom is -0.469 e. The number of carbonyl (C=O) groups is 1. The van der Waals surface area contributed by atoms with Crippen LogP contribution in [-0.4, -0.2) is 18.1 Å². The van der Waals surface area contributed by atoms with Gasteiger partial charge in [-0.15, -0.1) is 0 Å². The van der Waals surface area contributed by atoms with Crippen LogP contribution in [0.5, 0.6) is 0 Å². The first kappa shape index (κ1) is 18.2. The number of aromatic nitrogens is 1. The lowest BCUT2D eigenvalue weighted by molar-refractivity contribution is -0.140. The molecular formula is C18H14F3NO3S. The number of alkyl halides is 3. The fourth-order valence-electron chi connectivity index (χ4n) is 2.40. The van der Waals surface area contributed by atoms with E-state index in [-0.39, 0.29) is 24.4 Å². The number of hydrogen-bond donors (Lipinski definition) is 0. The normalized spacial score (nSPS) is 11.5. The largest absolute Gasteiger partial charge is 0.469 e. The molecule has 0 saturated carbocycles. The van der Waals surface area contributed by atoms with E-state index in [4.69, 9.17) is 4.42 Å². The summed E-state index contributed by atoms with van der Waals surface area (Å²) in [6.07, 6.45) is -2.89. The standard InChI is InChI=1S/C18H14F3NO3S/c1-24-17(23)3-2-16-22-15(9-25-16)13-6-12(11-4-5-26-10-11)7-14(8-13)18(19,20)21/h4-10H,2-3H2,1H3. The van der Waals surface area contributed by atoms with Crippen LogP contribution in [0, 0.1) is 0 Å². The number of rotatable bonds is 5. The highest BCUT2D eigenvalue weighted by Gasteiger charge is 2.31. The van der Waals surface area contributed by atoms with Crippen LogP contribution in [0.4, 0.5) is 13.2 Å².